The highest BCUT2D eigenvalue weighted by Gasteiger charge is 2.11. The van der Waals surface area contributed by atoms with Gasteiger partial charge in [0.25, 0.3) is 0 Å². The van der Waals surface area contributed by atoms with E-state index < -0.39 is 0 Å². The Morgan fingerprint density at radius 2 is 2.17 bits per heavy atom. The quantitative estimate of drug-likeness (QED) is 0.770. The van der Waals surface area contributed by atoms with Gasteiger partial charge in [0.15, 0.2) is 11.5 Å². The van der Waals surface area contributed by atoms with Gasteiger partial charge < -0.3 is 14.8 Å². The van der Waals surface area contributed by atoms with Crippen LogP contribution in [0.25, 0.3) is 0 Å². The smallest absolute Gasteiger partial charge is 0.180 e. The predicted molar refractivity (Wildman–Crippen MR) is 75.7 cm³/mol. The van der Waals surface area contributed by atoms with E-state index in [2.05, 4.69) is 25.7 Å². The summed E-state index contributed by atoms with van der Waals surface area (Å²) in [5.41, 5.74) is 1.07. The zero-order chi connectivity index (χ0) is 13.5. The number of benzene rings is 1. The molecule has 1 aromatic rings. The van der Waals surface area contributed by atoms with Crippen LogP contribution in [0.3, 0.4) is 0 Å². The molecule has 0 unspecified atom stereocenters. The highest BCUT2D eigenvalue weighted by Crippen LogP contribution is 2.36. The van der Waals surface area contributed by atoms with Gasteiger partial charge in [0.1, 0.15) is 6.61 Å². The van der Waals surface area contributed by atoms with Crippen molar-refractivity contribution in [2.45, 2.75) is 26.4 Å². The molecule has 0 radical (unpaired) electrons. The third-order valence-electron chi connectivity index (χ3n) is 2.35. The lowest BCUT2D eigenvalue weighted by Gasteiger charge is -2.14. The number of ether oxygens (including phenoxy) is 2. The number of hydrogen-bond donors (Lipinski definition) is 1. The Labute approximate surface area is 114 Å². The minimum Gasteiger partial charge on any atom is -0.493 e. The molecule has 0 saturated heterocycles. The molecule has 0 bridgehead atoms. The van der Waals surface area contributed by atoms with Crippen LogP contribution < -0.4 is 14.8 Å². The minimum absolute atomic E-state index is 0.402. The van der Waals surface area contributed by atoms with E-state index in [1.165, 1.54) is 0 Å². The molecule has 0 atom stereocenters. The Balaban J connectivity index is 2.91. The molecule has 0 saturated carbocycles. The lowest BCUT2D eigenvalue weighted by atomic mass is 10.2. The molecule has 0 spiro atoms. The first kappa shape index (κ1) is 14.9. The Hall–Kier alpha value is -1.19. The van der Waals surface area contributed by atoms with Crippen LogP contribution in [0.2, 0.25) is 5.02 Å². The van der Waals surface area contributed by atoms with Crippen molar-refractivity contribution in [2.75, 3.05) is 13.7 Å². The molecule has 0 fully saturated rings. The SMILES string of the molecule is C=CCOc1c(Cl)cc(CNC(C)C)cc1OC. The molecule has 0 aromatic heterocycles. The van der Waals surface area contributed by atoms with Crippen LogP contribution in [-0.2, 0) is 6.54 Å². The van der Waals surface area contributed by atoms with Crippen molar-refractivity contribution in [3.05, 3.63) is 35.4 Å². The van der Waals surface area contributed by atoms with Crippen molar-refractivity contribution < 1.29 is 9.47 Å². The van der Waals surface area contributed by atoms with E-state index >= 15 is 0 Å². The second-order valence-electron chi connectivity index (χ2n) is 4.24. The van der Waals surface area contributed by atoms with Gasteiger partial charge in [0.2, 0.25) is 0 Å². The van der Waals surface area contributed by atoms with Crippen LogP contribution >= 0.6 is 11.6 Å². The van der Waals surface area contributed by atoms with Crippen LogP contribution in [0.5, 0.6) is 11.5 Å². The van der Waals surface area contributed by atoms with Gasteiger partial charge in [0, 0.05) is 12.6 Å². The van der Waals surface area contributed by atoms with E-state index in [0.29, 0.717) is 29.2 Å². The number of hydrogen-bond acceptors (Lipinski definition) is 3. The van der Waals surface area contributed by atoms with Gasteiger partial charge in [0.05, 0.1) is 12.1 Å². The molecule has 1 N–H and O–H groups in total. The second-order valence-corrected chi connectivity index (χ2v) is 4.65. The maximum absolute atomic E-state index is 6.20. The molecule has 100 valence electrons. The van der Waals surface area contributed by atoms with Gasteiger partial charge in [-0.2, -0.15) is 0 Å². The largest absolute Gasteiger partial charge is 0.493 e. The van der Waals surface area contributed by atoms with Crippen molar-refractivity contribution in [3.63, 3.8) is 0 Å². The summed E-state index contributed by atoms with van der Waals surface area (Å²) in [6.45, 7) is 8.95. The van der Waals surface area contributed by atoms with Crippen LogP contribution in [0, 0.1) is 0 Å². The average molecular weight is 270 g/mol. The Kier molecular flexibility index (Phi) is 6.02. The number of nitrogens with one attached hydrogen (secondary N) is 1. The maximum Gasteiger partial charge on any atom is 0.180 e. The second kappa shape index (κ2) is 7.29. The summed E-state index contributed by atoms with van der Waals surface area (Å²) in [4.78, 5) is 0. The highest BCUT2D eigenvalue weighted by molar-refractivity contribution is 6.32. The van der Waals surface area contributed by atoms with Gasteiger partial charge in [-0.25, -0.2) is 0 Å². The van der Waals surface area contributed by atoms with Gasteiger partial charge >= 0.3 is 0 Å². The molecule has 4 heteroatoms. The van der Waals surface area contributed by atoms with Gasteiger partial charge in [-0.1, -0.05) is 38.1 Å². The van der Waals surface area contributed by atoms with Gasteiger partial charge in [-0.15, -0.1) is 0 Å². The van der Waals surface area contributed by atoms with Crippen molar-refractivity contribution in [1.82, 2.24) is 5.32 Å². The summed E-state index contributed by atoms with van der Waals surface area (Å²) in [6.07, 6.45) is 1.67. The molecule has 1 aromatic carbocycles. The molecule has 1 rings (SSSR count). The molecule has 0 amide bonds. The number of halogens is 1. The van der Waals surface area contributed by atoms with Crippen LogP contribution in [-0.4, -0.2) is 19.8 Å². The summed E-state index contributed by atoms with van der Waals surface area (Å²) < 4.78 is 10.8. The standard InChI is InChI=1S/C14H20ClNO2/c1-5-6-18-14-12(15)7-11(8-13(14)17-4)9-16-10(2)3/h5,7-8,10,16H,1,6,9H2,2-4H3. The lowest BCUT2D eigenvalue weighted by molar-refractivity contribution is 0.326. The van der Waals surface area contributed by atoms with Gasteiger partial charge in [-0.05, 0) is 17.7 Å². The molecule has 0 aliphatic heterocycles. The van der Waals surface area contributed by atoms with Crippen molar-refractivity contribution in [1.29, 1.82) is 0 Å². The summed E-state index contributed by atoms with van der Waals surface area (Å²) in [5, 5.41) is 3.88. The lowest BCUT2D eigenvalue weighted by Crippen LogP contribution is -2.21. The molecular formula is C14H20ClNO2. The van der Waals surface area contributed by atoms with E-state index in [1.807, 2.05) is 12.1 Å². The molecule has 3 nitrogen and oxygen atoms in total. The molecule has 0 aliphatic rings. The normalized spacial score (nSPS) is 10.5. The van der Waals surface area contributed by atoms with Crippen molar-refractivity contribution in [2.24, 2.45) is 0 Å². The predicted octanol–water partition coefficient (Wildman–Crippen LogP) is 3.41. The first-order valence-corrected chi connectivity index (χ1v) is 6.29. The topological polar surface area (TPSA) is 30.5 Å². The monoisotopic (exact) mass is 269 g/mol. The van der Waals surface area contributed by atoms with Crippen LogP contribution in [0.1, 0.15) is 19.4 Å². The fourth-order valence-corrected chi connectivity index (χ4v) is 1.77. The number of methoxy groups -OCH3 is 1. The molecule has 18 heavy (non-hydrogen) atoms. The third kappa shape index (κ3) is 4.24. The third-order valence-corrected chi connectivity index (χ3v) is 2.63. The zero-order valence-corrected chi connectivity index (χ0v) is 11.9. The summed E-state index contributed by atoms with van der Waals surface area (Å²) >= 11 is 6.20. The van der Waals surface area contributed by atoms with Crippen LogP contribution in [0.15, 0.2) is 24.8 Å². The minimum atomic E-state index is 0.402. The molecule has 0 heterocycles. The maximum atomic E-state index is 6.20. The number of rotatable bonds is 7. The summed E-state index contributed by atoms with van der Waals surface area (Å²) in [6, 6.07) is 4.24. The van der Waals surface area contributed by atoms with E-state index in [1.54, 1.807) is 13.2 Å². The van der Waals surface area contributed by atoms with Crippen molar-refractivity contribution >= 4 is 11.6 Å². The van der Waals surface area contributed by atoms with Gasteiger partial charge in [-0.3, -0.25) is 0 Å². The van der Waals surface area contributed by atoms with E-state index in [-0.39, 0.29) is 0 Å². The fourth-order valence-electron chi connectivity index (χ4n) is 1.48. The first-order chi connectivity index (χ1) is 8.58. The van der Waals surface area contributed by atoms with E-state index in [0.717, 1.165) is 12.1 Å². The first-order valence-electron chi connectivity index (χ1n) is 5.92. The highest BCUT2D eigenvalue weighted by atomic mass is 35.5. The van der Waals surface area contributed by atoms with Crippen LogP contribution in [0.4, 0.5) is 0 Å². The van der Waals surface area contributed by atoms with Crippen molar-refractivity contribution in [3.8, 4) is 11.5 Å². The average Bonchev–Trinajstić information content (AvgIpc) is 2.34. The van der Waals surface area contributed by atoms with E-state index in [4.69, 9.17) is 21.1 Å². The Bertz CT molecular complexity index is 405. The summed E-state index contributed by atoms with van der Waals surface area (Å²) in [5.74, 6) is 1.21. The molecule has 0 aliphatic carbocycles. The Morgan fingerprint density at radius 3 is 2.72 bits per heavy atom. The zero-order valence-electron chi connectivity index (χ0n) is 11.1. The fraction of sp³-hybridized carbons (Fsp3) is 0.429. The summed E-state index contributed by atoms with van der Waals surface area (Å²) in [7, 11) is 1.60. The Morgan fingerprint density at radius 1 is 1.44 bits per heavy atom. The van der Waals surface area contributed by atoms with E-state index in [9.17, 15) is 0 Å². The molecular weight excluding hydrogens is 250 g/mol.